The highest BCUT2D eigenvalue weighted by Crippen LogP contribution is 2.28. The lowest BCUT2D eigenvalue weighted by Crippen LogP contribution is -2.11. The molecule has 6 heteroatoms. The molecule has 158 valence electrons. The molecule has 0 unspecified atom stereocenters. The fraction of sp³-hybridized carbons (Fsp3) is 0.0370. The Hall–Kier alpha value is -4.27. The number of H-pyrrole nitrogens is 1. The van der Waals surface area contributed by atoms with Crippen LogP contribution in [0.25, 0.3) is 44.6 Å². The van der Waals surface area contributed by atoms with Gasteiger partial charge in [-0.25, -0.2) is 9.97 Å². The Labute approximate surface area is 194 Å². The minimum Gasteiger partial charge on any atom is -0.305 e. The molecule has 0 atom stereocenters. The summed E-state index contributed by atoms with van der Waals surface area (Å²) in [4.78, 5) is 24.3. The second-order valence-corrected chi connectivity index (χ2v) is 8.10. The lowest BCUT2D eigenvalue weighted by atomic mass is 10.0. The predicted molar refractivity (Wildman–Crippen MR) is 133 cm³/mol. The van der Waals surface area contributed by atoms with Crippen LogP contribution in [0.2, 0.25) is 5.15 Å². The number of allylic oxidation sites excluding steroid dienone is 1. The van der Waals surface area contributed by atoms with Crippen molar-refractivity contribution in [1.29, 1.82) is 5.26 Å². The molecule has 3 aromatic carbocycles. The molecule has 33 heavy (non-hydrogen) atoms. The molecule has 0 spiro atoms. The van der Waals surface area contributed by atoms with Crippen LogP contribution in [-0.4, -0.2) is 15.0 Å². The highest BCUT2D eigenvalue weighted by Gasteiger charge is 2.11. The first-order valence-electron chi connectivity index (χ1n) is 10.3. The largest absolute Gasteiger partial charge is 0.305 e. The smallest absolute Gasteiger partial charge is 0.259 e. The van der Waals surface area contributed by atoms with Gasteiger partial charge in [-0.2, -0.15) is 5.26 Å². The van der Waals surface area contributed by atoms with Crippen molar-refractivity contribution in [2.45, 2.75) is 6.92 Å². The summed E-state index contributed by atoms with van der Waals surface area (Å²) in [5.74, 6) is 0.188. The number of fused-ring (bicyclic) bond motifs is 2. The number of nitriles is 1. The number of benzene rings is 3. The second kappa shape index (κ2) is 8.34. The second-order valence-electron chi connectivity index (χ2n) is 7.75. The van der Waals surface area contributed by atoms with Crippen LogP contribution in [0.15, 0.2) is 77.6 Å². The van der Waals surface area contributed by atoms with Gasteiger partial charge in [0.1, 0.15) is 11.2 Å². The average Bonchev–Trinajstić information content (AvgIpc) is 2.83. The van der Waals surface area contributed by atoms with Gasteiger partial charge < -0.3 is 4.98 Å². The maximum atomic E-state index is 12.6. The molecule has 5 rings (SSSR count). The first-order chi connectivity index (χ1) is 16.0. The van der Waals surface area contributed by atoms with Crippen molar-refractivity contribution in [3.8, 4) is 17.2 Å². The zero-order valence-corrected chi connectivity index (χ0v) is 18.4. The number of aromatic nitrogens is 3. The quantitative estimate of drug-likeness (QED) is 0.264. The van der Waals surface area contributed by atoms with Gasteiger partial charge in [0.15, 0.2) is 5.82 Å². The number of rotatable bonds is 3. The van der Waals surface area contributed by atoms with Crippen molar-refractivity contribution in [2.24, 2.45) is 0 Å². The number of nitrogens with zero attached hydrogens (tertiary/aromatic N) is 3. The number of hydrogen-bond acceptors (Lipinski definition) is 4. The summed E-state index contributed by atoms with van der Waals surface area (Å²) in [7, 11) is 0. The first kappa shape index (κ1) is 20.6. The predicted octanol–water partition coefficient (Wildman–Crippen LogP) is 6.16. The van der Waals surface area contributed by atoms with Crippen molar-refractivity contribution in [1.82, 2.24) is 15.0 Å². The van der Waals surface area contributed by atoms with Gasteiger partial charge in [0.25, 0.3) is 5.56 Å². The summed E-state index contributed by atoms with van der Waals surface area (Å²) in [5, 5.41) is 11.4. The molecule has 0 radical (unpaired) electrons. The van der Waals surface area contributed by atoms with Crippen LogP contribution in [-0.2, 0) is 0 Å². The highest BCUT2D eigenvalue weighted by atomic mass is 35.5. The zero-order chi connectivity index (χ0) is 22.9. The Morgan fingerprint density at radius 2 is 1.76 bits per heavy atom. The van der Waals surface area contributed by atoms with Gasteiger partial charge in [0, 0.05) is 10.9 Å². The Morgan fingerprint density at radius 1 is 0.970 bits per heavy atom. The van der Waals surface area contributed by atoms with E-state index in [4.69, 9.17) is 11.6 Å². The van der Waals surface area contributed by atoms with Crippen LogP contribution in [0.1, 0.15) is 17.0 Å². The third-order valence-electron chi connectivity index (χ3n) is 5.44. The number of hydrogen-bond donors (Lipinski definition) is 1. The van der Waals surface area contributed by atoms with E-state index < -0.39 is 0 Å². The molecular weight excluding hydrogens is 432 g/mol. The number of pyridine rings is 1. The van der Waals surface area contributed by atoms with E-state index in [1.54, 1.807) is 18.2 Å². The summed E-state index contributed by atoms with van der Waals surface area (Å²) in [6.45, 7) is 1.91. The van der Waals surface area contributed by atoms with E-state index in [9.17, 15) is 10.1 Å². The van der Waals surface area contributed by atoms with Crippen molar-refractivity contribution in [3.63, 3.8) is 0 Å². The summed E-state index contributed by atoms with van der Waals surface area (Å²) < 4.78 is 0. The summed E-state index contributed by atoms with van der Waals surface area (Å²) >= 11 is 6.43. The monoisotopic (exact) mass is 448 g/mol. The van der Waals surface area contributed by atoms with Crippen LogP contribution >= 0.6 is 11.6 Å². The number of aromatic amines is 1. The lowest BCUT2D eigenvalue weighted by molar-refractivity contribution is 1.13. The van der Waals surface area contributed by atoms with E-state index in [-0.39, 0.29) is 22.1 Å². The molecular formula is C27H17ClN4O. The van der Waals surface area contributed by atoms with Crippen molar-refractivity contribution in [2.75, 3.05) is 0 Å². The van der Waals surface area contributed by atoms with Crippen molar-refractivity contribution < 1.29 is 0 Å². The molecule has 1 N–H and O–H groups in total. The molecule has 0 saturated carbocycles. The molecule has 0 saturated heterocycles. The van der Waals surface area contributed by atoms with Crippen molar-refractivity contribution >= 4 is 45.1 Å². The third-order valence-corrected chi connectivity index (χ3v) is 5.74. The number of aryl methyl sites for hydroxylation is 1. The van der Waals surface area contributed by atoms with Crippen LogP contribution < -0.4 is 5.56 Å². The molecule has 0 fully saturated rings. The van der Waals surface area contributed by atoms with Crippen molar-refractivity contribution in [3.05, 3.63) is 105 Å². The Morgan fingerprint density at radius 3 is 2.55 bits per heavy atom. The summed E-state index contributed by atoms with van der Waals surface area (Å²) in [6.07, 6.45) is 1.60. The van der Waals surface area contributed by atoms with Crippen LogP contribution in [0.4, 0.5) is 0 Å². The molecule has 0 aliphatic rings. The van der Waals surface area contributed by atoms with E-state index in [1.165, 1.54) is 0 Å². The number of halogens is 1. The molecule has 0 amide bonds. The maximum absolute atomic E-state index is 12.6. The molecule has 0 aliphatic carbocycles. The van der Waals surface area contributed by atoms with Gasteiger partial charge >= 0.3 is 0 Å². The van der Waals surface area contributed by atoms with Gasteiger partial charge in [0.2, 0.25) is 0 Å². The van der Waals surface area contributed by atoms with E-state index in [2.05, 4.69) is 21.0 Å². The first-order valence-corrected chi connectivity index (χ1v) is 10.7. The van der Waals surface area contributed by atoms with Gasteiger partial charge in [-0.05, 0) is 54.5 Å². The summed E-state index contributed by atoms with van der Waals surface area (Å²) in [6, 6.07) is 25.4. The zero-order valence-electron chi connectivity index (χ0n) is 17.6. The lowest BCUT2D eigenvalue weighted by Gasteiger charge is -2.07. The van der Waals surface area contributed by atoms with Gasteiger partial charge in [-0.15, -0.1) is 0 Å². The van der Waals surface area contributed by atoms with Gasteiger partial charge in [-0.3, -0.25) is 4.79 Å². The molecule has 5 aromatic rings. The number of nitrogens with one attached hydrogen (secondary N) is 1. The molecule has 0 aliphatic heterocycles. The van der Waals surface area contributed by atoms with Crippen LogP contribution in [0.3, 0.4) is 0 Å². The third kappa shape index (κ3) is 4.00. The molecule has 2 aromatic heterocycles. The highest BCUT2D eigenvalue weighted by molar-refractivity contribution is 6.31. The summed E-state index contributed by atoms with van der Waals surface area (Å²) in [5.41, 5.74) is 4.85. The van der Waals surface area contributed by atoms with Crippen LogP contribution in [0, 0.1) is 18.3 Å². The normalized spacial score (nSPS) is 11.6. The van der Waals surface area contributed by atoms with Gasteiger partial charge in [0.05, 0.1) is 22.0 Å². The Balaban J connectivity index is 1.63. The van der Waals surface area contributed by atoms with Gasteiger partial charge in [-0.1, -0.05) is 59.6 Å². The Kier molecular flexibility index (Phi) is 5.21. The standard InChI is InChI=1S/C27H17ClN4O/c1-16-7-9-24-22(11-16)27(33)32-26(31-24)21(15-29)14-20-13-19-12-18(17-5-3-2-4-6-17)8-10-23(19)30-25(20)28/h2-14H,1H3,(H,31,32,33). The van der Waals surface area contributed by atoms with Crippen LogP contribution in [0.5, 0.6) is 0 Å². The van der Waals surface area contributed by atoms with E-state index >= 15 is 0 Å². The fourth-order valence-corrected chi connectivity index (χ4v) is 3.97. The Bertz CT molecular complexity index is 1660. The average molecular weight is 449 g/mol. The minimum absolute atomic E-state index is 0.188. The minimum atomic E-state index is -0.296. The molecule has 5 nitrogen and oxygen atoms in total. The fourth-order valence-electron chi connectivity index (χ4n) is 3.77. The SMILES string of the molecule is Cc1ccc2nc(C(C#N)=Cc3cc4cc(-c5ccccc5)ccc4nc3Cl)[nH]c(=O)c2c1. The van der Waals surface area contributed by atoms with E-state index in [0.717, 1.165) is 27.6 Å². The topological polar surface area (TPSA) is 82.4 Å². The molecule has 2 heterocycles. The molecule has 0 bridgehead atoms. The maximum Gasteiger partial charge on any atom is 0.259 e. The van der Waals surface area contributed by atoms with E-state index in [1.807, 2.05) is 67.6 Å². The van der Waals surface area contributed by atoms with E-state index in [0.29, 0.717) is 16.5 Å².